The number of rotatable bonds is 6. The van der Waals surface area contributed by atoms with E-state index in [1.807, 2.05) is 12.1 Å². The van der Waals surface area contributed by atoms with Crippen molar-refractivity contribution in [1.29, 1.82) is 0 Å². The van der Waals surface area contributed by atoms with Crippen molar-refractivity contribution in [3.8, 4) is 10.6 Å². The lowest BCUT2D eigenvalue weighted by Gasteiger charge is -2.49. The molecule has 2 aromatic heterocycles. The number of carbonyl (C=O) groups is 1. The molecule has 3 fully saturated rings. The highest BCUT2D eigenvalue weighted by Crippen LogP contribution is 2.42. The number of aryl methyl sites for hydroxylation is 1. The van der Waals surface area contributed by atoms with E-state index in [4.69, 9.17) is 9.84 Å². The first-order valence-corrected chi connectivity index (χ1v) is 12.7. The van der Waals surface area contributed by atoms with Crippen LogP contribution in [0.4, 0.5) is 10.5 Å². The fourth-order valence-electron chi connectivity index (χ4n) is 5.30. The van der Waals surface area contributed by atoms with Crippen LogP contribution < -0.4 is 5.32 Å². The summed E-state index contributed by atoms with van der Waals surface area (Å²) >= 11 is 1.73. The Balaban J connectivity index is 1.17. The van der Waals surface area contributed by atoms with Gasteiger partial charge in [0.05, 0.1) is 4.88 Å². The quantitative estimate of drug-likeness (QED) is 0.508. The molecule has 3 aliphatic heterocycles. The van der Waals surface area contributed by atoms with E-state index in [1.54, 1.807) is 11.3 Å². The monoisotopic (exact) mass is 464 g/mol. The van der Waals surface area contributed by atoms with Gasteiger partial charge in [0, 0.05) is 36.9 Å². The van der Waals surface area contributed by atoms with E-state index < -0.39 is 0 Å². The minimum absolute atomic E-state index is 0.291. The molecule has 6 rings (SSSR count). The van der Waals surface area contributed by atoms with Crippen LogP contribution in [-0.2, 0) is 11.8 Å². The second-order valence-electron chi connectivity index (χ2n) is 9.60. The van der Waals surface area contributed by atoms with Gasteiger partial charge in [-0.1, -0.05) is 32.0 Å². The first-order valence-electron chi connectivity index (χ1n) is 11.8. The Kier molecular flexibility index (Phi) is 6.25. The van der Waals surface area contributed by atoms with Gasteiger partial charge in [-0.2, -0.15) is 5.10 Å². The first kappa shape index (κ1) is 22.2. The van der Waals surface area contributed by atoms with Crippen LogP contribution in [0.1, 0.15) is 49.8 Å². The number of thiophene rings is 1. The lowest BCUT2D eigenvalue weighted by Crippen LogP contribution is -2.54. The van der Waals surface area contributed by atoms with E-state index in [2.05, 4.69) is 71.5 Å². The van der Waals surface area contributed by atoms with E-state index in [-0.39, 0.29) is 6.09 Å². The molecule has 33 heavy (non-hydrogen) atoms. The predicted molar refractivity (Wildman–Crippen MR) is 133 cm³/mol. The maximum atomic E-state index is 12.4. The van der Waals surface area contributed by atoms with Gasteiger partial charge in [-0.05, 0) is 66.4 Å². The maximum absolute atomic E-state index is 12.4. The summed E-state index contributed by atoms with van der Waals surface area (Å²) in [6.45, 7) is 6.82. The number of nitrogens with zero attached hydrogens (tertiary/aromatic N) is 3. The van der Waals surface area contributed by atoms with E-state index in [0.717, 1.165) is 30.9 Å². The number of hydrogen-bond acceptors (Lipinski definition) is 5. The number of ether oxygens (including phenoxy) is 1. The van der Waals surface area contributed by atoms with Crippen molar-refractivity contribution in [2.45, 2.75) is 44.6 Å². The standard InChI is InChI=1S/C26H32N4O2S/c1-17(2)18-6-8-20(9-7-18)27-26(31)32-16-21-13-19-10-11-30(21)15-22(19)24-14-23(28-29(24)3)25-5-4-12-33-25/h4-9,12,14,17,19,21-22H,10-11,13,15-16H2,1-3H3,(H,27,31)/t19-,21-,22+/m1/s1. The van der Waals surface area contributed by atoms with Crippen LogP contribution in [0.5, 0.6) is 0 Å². The molecule has 0 spiro atoms. The third-order valence-corrected chi connectivity index (χ3v) is 8.07. The SMILES string of the molecule is CC(C)c1ccc(NC(=O)OC[C@H]2C[C@H]3CCN2C[C@@H]3c2cc(-c3cccs3)nn2C)cc1. The van der Waals surface area contributed by atoms with Crippen molar-refractivity contribution >= 4 is 23.1 Å². The fraction of sp³-hybridized carbons (Fsp3) is 0.462. The summed E-state index contributed by atoms with van der Waals surface area (Å²) in [5.41, 5.74) is 4.41. The molecule has 4 atom stereocenters. The molecule has 5 heterocycles. The largest absolute Gasteiger partial charge is 0.448 e. The number of hydrogen-bond donors (Lipinski definition) is 1. The number of anilines is 1. The normalized spacial score (nSPS) is 24.2. The van der Waals surface area contributed by atoms with Gasteiger partial charge in [0.1, 0.15) is 12.3 Å². The summed E-state index contributed by atoms with van der Waals surface area (Å²) in [5, 5.41) is 9.73. The summed E-state index contributed by atoms with van der Waals surface area (Å²) in [6.07, 6.45) is 1.87. The van der Waals surface area contributed by atoms with Crippen LogP contribution in [0, 0.1) is 5.92 Å². The minimum atomic E-state index is -0.376. The van der Waals surface area contributed by atoms with Crippen molar-refractivity contribution in [3.63, 3.8) is 0 Å². The molecule has 3 aromatic rings. The fourth-order valence-corrected chi connectivity index (χ4v) is 5.98. The Morgan fingerprint density at radius 2 is 2.09 bits per heavy atom. The average Bonchev–Trinajstić information content (AvgIpc) is 3.48. The highest BCUT2D eigenvalue weighted by atomic mass is 32.1. The van der Waals surface area contributed by atoms with E-state index in [9.17, 15) is 4.79 Å². The first-order chi connectivity index (χ1) is 16.0. The van der Waals surface area contributed by atoms with Gasteiger partial charge in [-0.15, -0.1) is 11.3 Å². The van der Waals surface area contributed by atoms with Gasteiger partial charge in [-0.3, -0.25) is 14.9 Å². The van der Waals surface area contributed by atoms with E-state index in [1.165, 1.54) is 22.6 Å². The van der Waals surface area contributed by atoms with Gasteiger partial charge in [0.25, 0.3) is 0 Å². The molecule has 0 radical (unpaired) electrons. The molecule has 1 aromatic carbocycles. The molecule has 1 N–H and O–H groups in total. The van der Waals surface area contributed by atoms with Crippen molar-refractivity contribution in [1.82, 2.24) is 14.7 Å². The van der Waals surface area contributed by atoms with E-state index >= 15 is 0 Å². The lowest BCUT2D eigenvalue weighted by atomic mass is 9.74. The smallest absolute Gasteiger partial charge is 0.411 e. The van der Waals surface area contributed by atoms with Crippen LogP contribution >= 0.6 is 11.3 Å². The minimum Gasteiger partial charge on any atom is -0.448 e. The van der Waals surface area contributed by atoms with Gasteiger partial charge < -0.3 is 4.74 Å². The molecular weight excluding hydrogens is 432 g/mol. The molecular formula is C26H32N4O2S. The van der Waals surface area contributed by atoms with Gasteiger partial charge in [0.15, 0.2) is 0 Å². The second kappa shape index (κ2) is 9.31. The lowest BCUT2D eigenvalue weighted by molar-refractivity contribution is -0.00222. The Morgan fingerprint density at radius 1 is 1.27 bits per heavy atom. The van der Waals surface area contributed by atoms with Crippen LogP contribution in [0.15, 0.2) is 47.8 Å². The zero-order chi connectivity index (χ0) is 22.9. The Bertz CT molecular complexity index is 1090. The zero-order valence-corrected chi connectivity index (χ0v) is 20.3. The predicted octanol–water partition coefficient (Wildman–Crippen LogP) is 5.70. The topological polar surface area (TPSA) is 59.4 Å². The molecule has 174 valence electrons. The van der Waals surface area contributed by atoms with Gasteiger partial charge >= 0.3 is 6.09 Å². The molecule has 1 unspecified atom stereocenters. The molecule has 3 aliphatic rings. The van der Waals surface area contributed by atoms with Crippen LogP contribution in [0.25, 0.3) is 10.6 Å². The van der Waals surface area contributed by atoms with Crippen molar-refractivity contribution in [2.75, 3.05) is 25.0 Å². The number of fused-ring (bicyclic) bond motifs is 3. The van der Waals surface area contributed by atoms with Crippen molar-refractivity contribution in [3.05, 3.63) is 59.1 Å². The highest BCUT2D eigenvalue weighted by molar-refractivity contribution is 7.13. The van der Waals surface area contributed by atoms with E-state index in [0.29, 0.717) is 30.4 Å². The summed E-state index contributed by atoms with van der Waals surface area (Å²) in [5.74, 6) is 1.55. The molecule has 6 nitrogen and oxygen atoms in total. The van der Waals surface area contributed by atoms with Crippen LogP contribution in [-0.4, -0.2) is 46.5 Å². The molecule has 7 heteroatoms. The molecule has 0 aliphatic carbocycles. The second-order valence-corrected chi connectivity index (χ2v) is 10.5. The Hall–Kier alpha value is -2.64. The summed E-state index contributed by atoms with van der Waals surface area (Å²) in [4.78, 5) is 16.1. The summed E-state index contributed by atoms with van der Waals surface area (Å²) in [7, 11) is 2.06. The number of benzene rings is 1. The van der Waals surface area contributed by atoms with Crippen LogP contribution in [0.3, 0.4) is 0 Å². The van der Waals surface area contributed by atoms with Crippen LogP contribution in [0.2, 0.25) is 0 Å². The highest BCUT2D eigenvalue weighted by Gasteiger charge is 2.42. The molecule has 0 saturated carbocycles. The molecule has 3 saturated heterocycles. The Labute approximate surface area is 199 Å². The third-order valence-electron chi connectivity index (χ3n) is 7.18. The van der Waals surface area contributed by atoms with Gasteiger partial charge in [0.2, 0.25) is 0 Å². The molecule has 2 bridgehead atoms. The van der Waals surface area contributed by atoms with Gasteiger partial charge in [-0.25, -0.2) is 4.79 Å². The van der Waals surface area contributed by atoms with Crippen molar-refractivity contribution < 1.29 is 9.53 Å². The zero-order valence-electron chi connectivity index (χ0n) is 19.5. The van der Waals surface area contributed by atoms with Crippen molar-refractivity contribution in [2.24, 2.45) is 13.0 Å². The number of carbonyl (C=O) groups excluding carboxylic acids is 1. The molecule has 1 amide bonds. The number of amides is 1. The Morgan fingerprint density at radius 3 is 2.76 bits per heavy atom. The summed E-state index contributed by atoms with van der Waals surface area (Å²) < 4.78 is 7.69. The number of piperidine rings is 3. The summed E-state index contributed by atoms with van der Waals surface area (Å²) in [6, 6.07) is 14.7. The average molecular weight is 465 g/mol. The number of nitrogens with one attached hydrogen (secondary N) is 1. The third kappa shape index (κ3) is 4.70. The maximum Gasteiger partial charge on any atom is 0.411 e. The number of aromatic nitrogens is 2.